The van der Waals surface area contributed by atoms with Gasteiger partial charge in [0.25, 0.3) is 0 Å². The fourth-order valence-corrected chi connectivity index (χ4v) is 1.90. The zero-order chi connectivity index (χ0) is 14.6. The van der Waals surface area contributed by atoms with Crippen LogP contribution in [-0.2, 0) is 9.59 Å². The van der Waals surface area contributed by atoms with Gasteiger partial charge >= 0.3 is 12.0 Å². The number of carbonyl (C=O) groups is 3. The number of primary amides is 1. The predicted molar refractivity (Wildman–Crippen MR) is 65.2 cm³/mol. The number of carboxylic acids is 1. The fourth-order valence-electron chi connectivity index (χ4n) is 1.90. The maximum absolute atomic E-state index is 11.8. The van der Waals surface area contributed by atoms with E-state index in [1.54, 1.807) is 6.92 Å². The molecule has 8 nitrogen and oxygen atoms in total. The van der Waals surface area contributed by atoms with Gasteiger partial charge in [0.15, 0.2) is 0 Å². The SMILES string of the molecule is CC1(O)CCN(C(=O)NC(CCC(N)=O)C(=O)O)C1. The Labute approximate surface area is 110 Å². The second-order valence-corrected chi connectivity index (χ2v) is 5.01. The molecule has 1 fully saturated rings. The number of β-amino-alcohol motifs (C(OH)–C–C–N with tert-alkyl or cyclic N) is 1. The van der Waals surface area contributed by atoms with Crippen molar-refractivity contribution < 1.29 is 24.6 Å². The van der Waals surface area contributed by atoms with Crippen molar-refractivity contribution in [3.05, 3.63) is 0 Å². The van der Waals surface area contributed by atoms with E-state index >= 15 is 0 Å². The summed E-state index contributed by atoms with van der Waals surface area (Å²) < 4.78 is 0. The molecule has 1 rings (SSSR count). The Bertz CT molecular complexity index is 383. The third-order valence-electron chi connectivity index (χ3n) is 3.01. The molecule has 5 N–H and O–H groups in total. The van der Waals surface area contributed by atoms with Crippen molar-refractivity contribution in [2.75, 3.05) is 13.1 Å². The van der Waals surface area contributed by atoms with Crippen LogP contribution in [-0.4, -0.2) is 57.8 Å². The van der Waals surface area contributed by atoms with Gasteiger partial charge in [0.1, 0.15) is 6.04 Å². The number of nitrogens with one attached hydrogen (secondary N) is 1. The van der Waals surface area contributed by atoms with Gasteiger partial charge in [-0.25, -0.2) is 9.59 Å². The molecule has 1 aliphatic rings. The number of aliphatic carboxylic acids is 1. The Balaban J connectivity index is 2.52. The van der Waals surface area contributed by atoms with E-state index in [4.69, 9.17) is 10.8 Å². The number of amides is 3. The molecule has 0 aliphatic carbocycles. The van der Waals surface area contributed by atoms with Gasteiger partial charge < -0.3 is 26.2 Å². The third-order valence-corrected chi connectivity index (χ3v) is 3.01. The Morgan fingerprint density at radius 3 is 2.53 bits per heavy atom. The van der Waals surface area contributed by atoms with E-state index in [0.717, 1.165) is 0 Å². The van der Waals surface area contributed by atoms with E-state index in [0.29, 0.717) is 13.0 Å². The number of nitrogens with two attached hydrogens (primary N) is 1. The summed E-state index contributed by atoms with van der Waals surface area (Å²) in [6.07, 6.45) is 0.273. The standard InChI is InChI=1S/C11H19N3O5/c1-11(19)4-5-14(6-11)10(18)13-7(9(16)17)2-3-8(12)15/h7,19H,2-6H2,1H3,(H2,12,15)(H,13,18)(H,16,17). The summed E-state index contributed by atoms with van der Waals surface area (Å²) in [5, 5.41) is 21.0. The molecule has 108 valence electrons. The van der Waals surface area contributed by atoms with Crippen LogP contribution in [0.15, 0.2) is 0 Å². The van der Waals surface area contributed by atoms with Gasteiger partial charge in [-0.15, -0.1) is 0 Å². The second kappa shape index (κ2) is 5.87. The van der Waals surface area contributed by atoms with Crippen LogP contribution >= 0.6 is 0 Å². The van der Waals surface area contributed by atoms with Crippen molar-refractivity contribution in [1.29, 1.82) is 0 Å². The summed E-state index contributed by atoms with van der Waals surface area (Å²) in [4.78, 5) is 34.7. The average molecular weight is 273 g/mol. The molecule has 0 bridgehead atoms. The maximum atomic E-state index is 11.8. The molecular formula is C11H19N3O5. The lowest BCUT2D eigenvalue weighted by Crippen LogP contribution is -2.48. The van der Waals surface area contributed by atoms with Crippen LogP contribution in [0.25, 0.3) is 0 Å². The van der Waals surface area contributed by atoms with Crippen LogP contribution in [0, 0.1) is 0 Å². The number of rotatable bonds is 5. The van der Waals surface area contributed by atoms with Crippen molar-refractivity contribution in [3.63, 3.8) is 0 Å². The van der Waals surface area contributed by atoms with Crippen LogP contribution < -0.4 is 11.1 Å². The molecule has 0 saturated carbocycles. The van der Waals surface area contributed by atoms with Crippen molar-refractivity contribution in [2.45, 2.75) is 37.8 Å². The van der Waals surface area contributed by atoms with Crippen LogP contribution in [0.3, 0.4) is 0 Å². The smallest absolute Gasteiger partial charge is 0.326 e. The van der Waals surface area contributed by atoms with E-state index in [-0.39, 0.29) is 19.4 Å². The molecule has 1 heterocycles. The first kappa shape index (κ1) is 15.2. The molecule has 0 radical (unpaired) electrons. The van der Waals surface area contributed by atoms with E-state index in [2.05, 4.69) is 5.32 Å². The number of nitrogens with zero attached hydrogens (tertiary/aromatic N) is 1. The van der Waals surface area contributed by atoms with E-state index < -0.39 is 29.6 Å². The number of urea groups is 1. The molecule has 19 heavy (non-hydrogen) atoms. The average Bonchev–Trinajstić information content (AvgIpc) is 2.64. The van der Waals surface area contributed by atoms with Gasteiger partial charge in [-0.2, -0.15) is 0 Å². The van der Waals surface area contributed by atoms with Gasteiger partial charge in [0, 0.05) is 13.0 Å². The minimum Gasteiger partial charge on any atom is -0.480 e. The lowest BCUT2D eigenvalue weighted by molar-refractivity contribution is -0.139. The molecule has 0 aromatic rings. The van der Waals surface area contributed by atoms with E-state index in [9.17, 15) is 19.5 Å². The Morgan fingerprint density at radius 1 is 1.47 bits per heavy atom. The molecule has 8 heteroatoms. The number of aliphatic hydroxyl groups is 1. The minimum atomic E-state index is -1.22. The summed E-state index contributed by atoms with van der Waals surface area (Å²) in [5.74, 6) is -1.84. The van der Waals surface area contributed by atoms with Crippen molar-refractivity contribution in [2.24, 2.45) is 5.73 Å². The first-order valence-corrected chi connectivity index (χ1v) is 6.00. The molecule has 1 aliphatic heterocycles. The van der Waals surface area contributed by atoms with Crippen LogP contribution in [0.4, 0.5) is 4.79 Å². The normalized spacial score (nSPS) is 24.0. The summed E-state index contributed by atoms with van der Waals surface area (Å²) >= 11 is 0. The molecule has 0 aromatic carbocycles. The first-order valence-electron chi connectivity index (χ1n) is 6.00. The summed E-state index contributed by atoms with van der Waals surface area (Å²) in [5.41, 5.74) is 4.00. The third kappa shape index (κ3) is 4.74. The quantitative estimate of drug-likeness (QED) is 0.503. The lowest BCUT2D eigenvalue weighted by Gasteiger charge is -2.22. The number of carboxylic acid groups (broad SMARTS) is 1. The van der Waals surface area contributed by atoms with Gasteiger partial charge in [-0.3, -0.25) is 4.79 Å². The zero-order valence-electron chi connectivity index (χ0n) is 10.8. The highest BCUT2D eigenvalue weighted by Crippen LogP contribution is 2.20. The van der Waals surface area contributed by atoms with Crippen molar-refractivity contribution >= 4 is 17.9 Å². The minimum absolute atomic E-state index is 0.0549. The van der Waals surface area contributed by atoms with Crippen LogP contribution in [0.5, 0.6) is 0 Å². The Hall–Kier alpha value is -1.83. The highest BCUT2D eigenvalue weighted by Gasteiger charge is 2.35. The van der Waals surface area contributed by atoms with E-state index in [1.807, 2.05) is 0 Å². The highest BCUT2D eigenvalue weighted by molar-refractivity contribution is 5.83. The maximum Gasteiger partial charge on any atom is 0.326 e. The highest BCUT2D eigenvalue weighted by atomic mass is 16.4. The largest absolute Gasteiger partial charge is 0.480 e. The Kier molecular flexibility index (Phi) is 4.71. The van der Waals surface area contributed by atoms with Gasteiger partial charge in [-0.05, 0) is 19.8 Å². The van der Waals surface area contributed by atoms with E-state index in [1.165, 1.54) is 4.90 Å². The van der Waals surface area contributed by atoms with Crippen molar-refractivity contribution in [1.82, 2.24) is 10.2 Å². The second-order valence-electron chi connectivity index (χ2n) is 5.01. The number of likely N-dealkylation sites (tertiary alicyclic amines) is 1. The summed E-state index contributed by atoms with van der Waals surface area (Å²) in [7, 11) is 0. The van der Waals surface area contributed by atoms with Crippen molar-refractivity contribution in [3.8, 4) is 0 Å². The number of hydrogen-bond acceptors (Lipinski definition) is 4. The Morgan fingerprint density at radius 2 is 2.11 bits per heavy atom. The van der Waals surface area contributed by atoms with Crippen LogP contribution in [0.2, 0.25) is 0 Å². The predicted octanol–water partition coefficient (Wildman–Crippen LogP) is -1.13. The molecule has 1 saturated heterocycles. The summed E-state index contributed by atoms with van der Waals surface area (Å²) in [6, 6.07) is -1.72. The van der Waals surface area contributed by atoms with Gasteiger partial charge in [-0.1, -0.05) is 0 Å². The molecule has 0 aromatic heterocycles. The van der Waals surface area contributed by atoms with Gasteiger partial charge in [0.2, 0.25) is 5.91 Å². The summed E-state index contributed by atoms with van der Waals surface area (Å²) in [6.45, 7) is 2.13. The molecular weight excluding hydrogens is 254 g/mol. The first-order chi connectivity index (χ1) is 8.71. The molecule has 0 spiro atoms. The topological polar surface area (TPSA) is 133 Å². The lowest BCUT2D eigenvalue weighted by atomic mass is 10.1. The number of carbonyl (C=O) groups excluding carboxylic acids is 2. The fraction of sp³-hybridized carbons (Fsp3) is 0.727. The number of hydrogen-bond donors (Lipinski definition) is 4. The molecule has 2 atom stereocenters. The molecule has 3 amide bonds. The monoisotopic (exact) mass is 273 g/mol. The van der Waals surface area contributed by atoms with Crippen LogP contribution in [0.1, 0.15) is 26.2 Å². The molecule has 2 unspecified atom stereocenters. The zero-order valence-corrected chi connectivity index (χ0v) is 10.8. The van der Waals surface area contributed by atoms with Gasteiger partial charge in [0.05, 0.1) is 12.1 Å².